The molecule has 0 aliphatic carbocycles. The summed E-state index contributed by atoms with van der Waals surface area (Å²) in [4.78, 5) is 10.5. The maximum Gasteiger partial charge on any atom is 0.151 e. The van der Waals surface area contributed by atoms with Gasteiger partial charge in [-0.15, -0.1) is 0 Å². The van der Waals surface area contributed by atoms with E-state index in [1.807, 2.05) is 0 Å². The van der Waals surface area contributed by atoms with Crippen molar-refractivity contribution >= 4 is 6.29 Å². The number of ether oxygens (including phenoxy) is 2. The highest BCUT2D eigenvalue weighted by atomic mass is 16.5. The summed E-state index contributed by atoms with van der Waals surface area (Å²) >= 11 is 0. The van der Waals surface area contributed by atoms with Gasteiger partial charge in [-0.3, -0.25) is 0 Å². The molecule has 0 amide bonds. The molecular weight excluding hydrogens is 192 g/mol. The molecule has 3 N–H and O–H groups in total. The summed E-state index contributed by atoms with van der Waals surface area (Å²) in [6.45, 7) is -0.339. The first kappa shape index (κ1) is 10.0. The minimum absolute atomic E-state index is 0.237. The SMILES string of the molecule is [2H]COC[C@@H](O)[C@@H](O)[C@H](O)[C@@H](C=O)OC[2H]. The number of aliphatic hydroxyl groups excluding tert-OH is 3. The van der Waals surface area contributed by atoms with Crippen LogP contribution in [0.4, 0.5) is 0 Å². The average molecular weight is 210 g/mol. The molecule has 0 fully saturated rings. The summed E-state index contributed by atoms with van der Waals surface area (Å²) in [6, 6.07) is 0. The summed E-state index contributed by atoms with van der Waals surface area (Å²) in [5.41, 5.74) is 0. The van der Waals surface area contributed by atoms with Crippen LogP contribution in [0.1, 0.15) is 2.74 Å². The van der Waals surface area contributed by atoms with Crippen LogP contribution in [-0.4, -0.2) is 66.8 Å². The molecule has 0 heterocycles. The number of carbonyl (C=O) groups excluding carboxylic acids is 1. The molecule has 0 aromatic heterocycles. The van der Waals surface area contributed by atoms with Crippen molar-refractivity contribution in [2.24, 2.45) is 0 Å². The first-order valence-electron chi connectivity index (χ1n) is 5.27. The summed E-state index contributed by atoms with van der Waals surface area (Å²) in [7, 11) is -0.938. The molecule has 0 saturated heterocycles. The zero-order valence-electron chi connectivity index (χ0n) is 9.57. The Morgan fingerprint density at radius 3 is 2.57 bits per heavy atom. The number of hydrogen-bond acceptors (Lipinski definition) is 6. The van der Waals surface area contributed by atoms with Crippen LogP contribution in [-0.2, 0) is 14.3 Å². The highest BCUT2D eigenvalue weighted by Gasteiger charge is 2.31. The summed E-state index contributed by atoms with van der Waals surface area (Å²) < 4.78 is 22.4. The molecule has 0 aromatic carbocycles. The van der Waals surface area contributed by atoms with E-state index in [-0.39, 0.29) is 20.0 Å². The lowest BCUT2D eigenvalue weighted by Gasteiger charge is -2.25. The number of carbonyl (C=O) groups is 1. The highest BCUT2D eigenvalue weighted by molar-refractivity contribution is 5.57. The maximum atomic E-state index is 10.5. The fourth-order valence-electron chi connectivity index (χ4n) is 0.860. The van der Waals surface area contributed by atoms with E-state index in [1.165, 1.54) is 0 Å². The second-order valence-corrected chi connectivity index (χ2v) is 2.69. The van der Waals surface area contributed by atoms with Crippen molar-refractivity contribution in [3.05, 3.63) is 0 Å². The van der Waals surface area contributed by atoms with Gasteiger partial charge >= 0.3 is 0 Å². The van der Waals surface area contributed by atoms with Crippen LogP contribution < -0.4 is 0 Å². The van der Waals surface area contributed by atoms with Gasteiger partial charge in [-0.2, -0.15) is 0 Å². The van der Waals surface area contributed by atoms with Gasteiger partial charge in [-0.1, -0.05) is 0 Å². The predicted molar refractivity (Wildman–Crippen MR) is 46.8 cm³/mol. The van der Waals surface area contributed by atoms with Crippen molar-refractivity contribution < 1.29 is 32.3 Å². The van der Waals surface area contributed by atoms with E-state index in [4.69, 9.17) is 2.74 Å². The third kappa shape index (κ3) is 3.69. The third-order valence-electron chi connectivity index (χ3n) is 1.70. The highest BCUT2D eigenvalue weighted by Crippen LogP contribution is 2.06. The molecule has 84 valence electrons. The van der Waals surface area contributed by atoms with Crippen molar-refractivity contribution in [2.75, 3.05) is 20.8 Å². The first-order chi connectivity index (χ1) is 7.58. The van der Waals surface area contributed by atoms with E-state index in [1.54, 1.807) is 0 Å². The van der Waals surface area contributed by atoms with Crippen molar-refractivity contribution in [2.45, 2.75) is 24.4 Å². The van der Waals surface area contributed by atoms with Gasteiger partial charge < -0.3 is 29.6 Å². The fourth-order valence-corrected chi connectivity index (χ4v) is 0.860. The Bertz CT molecular complexity index is 193. The molecule has 0 radical (unpaired) electrons. The van der Waals surface area contributed by atoms with Gasteiger partial charge in [-0.05, 0) is 0 Å². The van der Waals surface area contributed by atoms with Crippen LogP contribution in [0.25, 0.3) is 0 Å². The molecule has 0 saturated carbocycles. The van der Waals surface area contributed by atoms with E-state index < -0.39 is 31.5 Å². The number of rotatable bonds is 7. The monoisotopic (exact) mass is 210 g/mol. The van der Waals surface area contributed by atoms with Crippen LogP contribution in [0.15, 0.2) is 0 Å². The normalized spacial score (nSPS) is 21.6. The number of methoxy groups -OCH3 is 2. The van der Waals surface area contributed by atoms with Gasteiger partial charge in [0.1, 0.15) is 24.4 Å². The summed E-state index contributed by atoms with van der Waals surface area (Å²) in [5.74, 6) is 0. The Labute approximate surface area is 84.9 Å². The minimum Gasteiger partial charge on any atom is -0.388 e. The van der Waals surface area contributed by atoms with Crippen LogP contribution in [0.5, 0.6) is 0 Å². The summed E-state index contributed by atoms with van der Waals surface area (Å²) in [5, 5.41) is 28.1. The lowest BCUT2D eigenvalue weighted by atomic mass is 10.0. The molecule has 0 rings (SSSR count). The zero-order chi connectivity index (χ0) is 12.6. The standard InChI is InChI=1S/C8H16O6/c1-13-4-5(10)7(11)8(12)6(3-9)14-2/h3,5-8,10-12H,4H2,1-2H3/t5-,6-,7-,8-/m1/s1/i1D,2D. The van der Waals surface area contributed by atoms with Crippen LogP contribution in [0.2, 0.25) is 0 Å². The quantitative estimate of drug-likeness (QED) is 0.418. The van der Waals surface area contributed by atoms with Crippen molar-refractivity contribution in [1.29, 1.82) is 0 Å². The molecule has 0 aliphatic heterocycles. The molecule has 6 heteroatoms. The Hall–Kier alpha value is -0.530. The van der Waals surface area contributed by atoms with E-state index in [0.29, 0.717) is 0 Å². The van der Waals surface area contributed by atoms with Gasteiger partial charge in [0.05, 0.1) is 9.35 Å². The van der Waals surface area contributed by atoms with Gasteiger partial charge in [0.25, 0.3) is 0 Å². The third-order valence-corrected chi connectivity index (χ3v) is 1.70. The number of aldehydes is 1. The molecule has 6 nitrogen and oxygen atoms in total. The topological polar surface area (TPSA) is 96.2 Å². The molecular formula is C8H16O6. The molecule has 0 bridgehead atoms. The largest absolute Gasteiger partial charge is 0.388 e. The zero-order valence-corrected chi connectivity index (χ0v) is 7.57. The van der Waals surface area contributed by atoms with Gasteiger partial charge in [-0.25, -0.2) is 0 Å². The second-order valence-electron chi connectivity index (χ2n) is 2.69. The van der Waals surface area contributed by atoms with Crippen LogP contribution >= 0.6 is 0 Å². The molecule has 0 aliphatic rings. The molecule has 0 spiro atoms. The maximum absolute atomic E-state index is 10.5. The molecule has 0 unspecified atom stereocenters. The molecule has 0 aromatic rings. The Morgan fingerprint density at radius 1 is 1.36 bits per heavy atom. The molecule has 4 atom stereocenters. The van der Waals surface area contributed by atoms with E-state index in [9.17, 15) is 20.1 Å². The van der Waals surface area contributed by atoms with Gasteiger partial charge in [0.15, 0.2) is 6.29 Å². The van der Waals surface area contributed by atoms with Crippen molar-refractivity contribution in [1.82, 2.24) is 0 Å². The number of aliphatic hydroxyl groups is 3. The van der Waals surface area contributed by atoms with Crippen molar-refractivity contribution in [3.63, 3.8) is 0 Å². The first-order valence-corrected chi connectivity index (χ1v) is 3.85. The van der Waals surface area contributed by atoms with Crippen molar-refractivity contribution in [3.8, 4) is 0 Å². The Morgan fingerprint density at radius 2 is 2.07 bits per heavy atom. The van der Waals surface area contributed by atoms with E-state index in [0.717, 1.165) is 0 Å². The lowest BCUT2D eigenvalue weighted by Crippen LogP contribution is -2.47. The van der Waals surface area contributed by atoms with Gasteiger partial charge in [0, 0.05) is 14.2 Å². The van der Waals surface area contributed by atoms with Gasteiger partial charge in [0.2, 0.25) is 0 Å². The minimum atomic E-state index is -1.65. The van der Waals surface area contributed by atoms with Crippen LogP contribution in [0.3, 0.4) is 0 Å². The van der Waals surface area contributed by atoms with E-state index in [2.05, 4.69) is 9.47 Å². The summed E-state index contributed by atoms with van der Waals surface area (Å²) in [6.07, 6.45) is -5.86. The number of hydrogen-bond donors (Lipinski definition) is 3. The predicted octanol–water partition coefficient (Wildman–Crippen LogP) is -2.07. The fraction of sp³-hybridized carbons (Fsp3) is 0.875. The van der Waals surface area contributed by atoms with Crippen LogP contribution in [0, 0.1) is 0 Å². The smallest absolute Gasteiger partial charge is 0.151 e. The van der Waals surface area contributed by atoms with E-state index >= 15 is 0 Å². The Kier molecular flexibility index (Phi) is 4.90. The molecule has 14 heavy (non-hydrogen) atoms. The second kappa shape index (κ2) is 6.86. The Balaban J connectivity index is 4.21. The average Bonchev–Trinajstić information content (AvgIpc) is 2.31. The lowest BCUT2D eigenvalue weighted by molar-refractivity contribution is -0.142.